The molecule has 4 unspecified atom stereocenters. The van der Waals surface area contributed by atoms with Crippen molar-refractivity contribution in [1.29, 1.82) is 0 Å². The molecule has 35 heteroatoms. The predicted molar refractivity (Wildman–Crippen MR) is 500 cm³/mol. The average molecular weight is 1750 g/mol. The van der Waals surface area contributed by atoms with E-state index < -0.39 is 0 Å². The van der Waals surface area contributed by atoms with E-state index in [1.807, 2.05) is 155 Å². The topological polar surface area (TPSA) is 323 Å². The van der Waals surface area contributed by atoms with E-state index in [2.05, 4.69) is 124 Å². The number of aromatic nitrogens is 20. The number of piperazine rings is 2. The van der Waals surface area contributed by atoms with Crippen molar-refractivity contribution in [3.05, 3.63) is 228 Å². The first-order valence-corrected chi connectivity index (χ1v) is 45.3. The Bertz CT molecular complexity index is 7270. The summed E-state index contributed by atoms with van der Waals surface area (Å²) in [6.07, 6.45) is 20.6. The SMILES string of the molecule is CCN1CCC2CN(c3ccc4nc(-c5cc6c(C)nc(C)cn6n5)cc(=O)n4c3)CCC21.CCc1nc(C)cn2nc(-c3cc(=O)n4cc(N5CCN(C6COC6)CC5)ccc4n3)cc12.COc1nc(C)cn2nc(-c3cc(=O)n4cc(N5CCN(C)CC5)ccc4n3)cc12.Cc1cn2nc(-c3cc(=O)n4cc(N5CCC6C(CCN6CCO)C5)ccc4n3)cc2c(C)n1. The first-order chi connectivity index (χ1) is 63.1. The molecule has 7 aliphatic heterocycles. The maximum absolute atomic E-state index is 13.1. The third-order valence-electron chi connectivity index (χ3n) is 27.0. The molecule has 23 rings (SSSR count). The number of pyridine rings is 4. The predicted octanol–water partition coefficient (Wildman–Crippen LogP) is 8.12. The molecular weight excluding hydrogens is 1650 g/mol. The number of fused-ring (bicyclic) bond motifs is 10. The summed E-state index contributed by atoms with van der Waals surface area (Å²) >= 11 is 0. The highest BCUT2D eigenvalue weighted by Gasteiger charge is 2.40. The summed E-state index contributed by atoms with van der Waals surface area (Å²) in [6, 6.07) is 31.7. The van der Waals surface area contributed by atoms with Gasteiger partial charge in [-0.3, -0.25) is 61.5 Å². The summed E-state index contributed by atoms with van der Waals surface area (Å²) in [7, 11) is 3.70. The van der Waals surface area contributed by atoms with Crippen LogP contribution in [0.1, 0.15) is 79.4 Å². The summed E-state index contributed by atoms with van der Waals surface area (Å²) < 4.78 is 24.3. The van der Waals surface area contributed by atoms with Crippen LogP contribution in [-0.2, 0) is 11.2 Å². The number of ether oxygens (including phenoxy) is 2. The van der Waals surface area contributed by atoms with Gasteiger partial charge in [-0.2, -0.15) is 20.4 Å². The third kappa shape index (κ3) is 16.7. The van der Waals surface area contributed by atoms with E-state index in [9.17, 15) is 24.3 Å². The maximum atomic E-state index is 13.1. The van der Waals surface area contributed by atoms with Gasteiger partial charge in [-0.05, 0) is 185 Å². The first kappa shape index (κ1) is 84.8. The fourth-order valence-electron chi connectivity index (χ4n) is 20.1. The number of aliphatic hydroxyl groups is 1. The van der Waals surface area contributed by atoms with Crippen molar-refractivity contribution in [1.82, 2.24) is 116 Å². The molecule has 16 aromatic heterocycles. The Hall–Kier alpha value is -13.3. The molecule has 670 valence electrons. The van der Waals surface area contributed by atoms with Crippen molar-refractivity contribution >= 4 is 67.4 Å². The number of methoxy groups -OCH3 is 1. The molecule has 1 N–H and O–H groups in total. The van der Waals surface area contributed by atoms with Crippen LogP contribution >= 0.6 is 0 Å². The minimum atomic E-state index is -0.135. The highest BCUT2D eigenvalue weighted by atomic mass is 16.5. The molecule has 0 aliphatic carbocycles. The summed E-state index contributed by atoms with van der Waals surface area (Å²) in [5.41, 5.74) is 20.9. The smallest absolute Gasteiger partial charge is 0.258 e. The number of nitrogens with zero attached hydrogens (tertiary/aromatic N) is 28. The van der Waals surface area contributed by atoms with E-state index in [0.29, 0.717) is 104 Å². The van der Waals surface area contributed by atoms with Gasteiger partial charge in [0.2, 0.25) is 5.88 Å². The van der Waals surface area contributed by atoms with Crippen LogP contribution in [0.5, 0.6) is 5.88 Å². The molecule has 0 bridgehead atoms. The molecule has 35 nitrogen and oxygen atoms in total. The standard InChI is InChI=1S/C25H29N7O2.C25H29N7O.C24H27N7O2.C21H23N7O2/c1-16-13-32-23(17(2)26-16)11-21(28-32)20-12-25(34)31-15-19(3-4-24(31)27-20)30-8-6-22-18(14-30)5-7-29(22)9-10-33;1-4-29-9-7-18-14-30(10-8-22(18)29)19-5-6-24-27-20(12-25(33)31(24)15-19)21-11-23-17(3)26-16(2)13-32(23)28-21;1-3-19-22-10-21(27-31(22)12-16(2)25-19)20-11-24(32)30-13-17(4-5-23(30)26-20)28-6-8-29(9-7-28)18-14-33-15-18;1-14-12-28-18(21(22-14)30-3)10-17(24-28)16-11-20(29)27-13-15(4-5-19(27)23-16)26-8-6-25(2)7-9-26/h3-4,11-13,15,18,22,33H,5-10,14H2,1-2H3;5-6,11-13,15,18,22H,4,7-10,14H2,1-3H3;4-5,10-13,18H,3,6-9,14-15H2,1-2H3;4-5,10-13H,6-9H2,1-3H3. The molecule has 0 spiro atoms. The van der Waals surface area contributed by atoms with Gasteiger partial charge in [0.15, 0.2) is 0 Å². The number of hydrogen-bond acceptors (Lipinski definition) is 27. The van der Waals surface area contributed by atoms with Gasteiger partial charge < -0.3 is 44.0 Å². The quantitative estimate of drug-likeness (QED) is 0.107. The zero-order valence-electron chi connectivity index (χ0n) is 75.1. The number of rotatable bonds is 14. The van der Waals surface area contributed by atoms with Crippen molar-refractivity contribution in [3.8, 4) is 51.4 Å². The number of likely N-dealkylation sites (tertiary alicyclic amines) is 2. The van der Waals surface area contributed by atoms with Crippen LogP contribution < -0.4 is 46.6 Å². The number of aliphatic hydroxyl groups excluding tert-OH is 1. The van der Waals surface area contributed by atoms with Gasteiger partial charge >= 0.3 is 0 Å². The number of anilines is 4. The fourth-order valence-corrected chi connectivity index (χ4v) is 20.1. The summed E-state index contributed by atoms with van der Waals surface area (Å²) in [5, 5.41) is 27.8. The number of hydrogen-bond donors (Lipinski definition) is 1. The van der Waals surface area contributed by atoms with Crippen molar-refractivity contribution in [3.63, 3.8) is 0 Å². The van der Waals surface area contributed by atoms with Crippen LogP contribution in [0.3, 0.4) is 0 Å². The molecule has 0 saturated carbocycles. The molecule has 7 fully saturated rings. The van der Waals surface area contributed by atoms with E-state index in [1.54, 1.807) is 51.9 Å². The van der Waals surface area contributed by atoms with Gasteiger partial charge in [-0.1, -0.05) is 13.8 Å². The van der Waals surface area contributed by atoms with E-state index in [1.165, 1.54) is 25.5 Å². The van der Waals surface area contributed by atoms with Crippen LogP contribution in [0.4, 0.5) is 22.7 Å². The van der Waals surface area contributed by atoms with Crippen LogP contribution in [0.2, 0.25) is 0 Å². The molecule has 16 aromatic rings. The summed E-state index contributed by atoms with van der Waals surface area (Å²) in [6.45, 7) is 33.9. The Morgan fingerprint density at radius 3 is 1.18 bits per heavy atom. The second-order valence-corrected chi connectivity index (χ2v) is 35.4. The van der Waals surface area contributed by atoms with Gasteiger partial charge in [0, 0.05) is 146 Å². The molecule has 7 saturated heterocycles. The van der Waals surface area contributed by atoms with Gasteiger partial charge in [-0.25, -0.2) is 43.0 Å². The van der Waals surface area contributed by atoms with Gasteiger partial charge in [0.1, 0.15) is 50.9 Å². The zero-order chi connectivity index (χ0) is 89.4. The van der Waals surface area contributed by atoms with Crippen LogP contribution in [0, 0.1) is 53.4 Å². The molecule has 0 aromatic carbocycles. The van der Waals surface area contributed by atoms with Crippen LogP contribution in [0.15, 0.2) is 166 Å². The van der Waals surface area contributed by atoms with Gasteiger partial charge in [0.05, 0.1) is 160 Å². The molecule has 7 aliphatic rings. The maximum Gasteiger partial charge on any atom is 0.258 e. The lowest BCUT2D eigenvalue weighted by molar-refractivity contribution is -0.0660. The number of likely N-dealkylation sites (N-methyl/N-ethyl adjacent to an activating group) is 1. The molecule has 0 amide bonds. The normalized spacial score (nSPS) is 18.9. The largest absolute Gasteiger partial charge is 0.479 e. The van der Waals surface area contributed by atoms with Gasteiger partial charge in [0.25, 0.3) is 22.2 Å². The molecular formula is C95H108N28O7. The average Bonchev–Trinajstić information content (AvgIpc) is 1.42. The van der Waals surface area contributed by atoms with Crippen molar-refractivity contribution in [2.75, 3.05) is 158 Å². The van der Waals surface area contributed by atoms with Crippen molar-refractivity contribution < 1.29 is 14.6 Å². The fraction of sp³-hybridized carbons (Fsp3) is 0.411. The lowest BCUT2D eigenvalue weighted by Crippen LogP contribution is -2.56. The number of aryl methyl sites for hydroxylation is 7. The van der Waals surface area contributed by atoms with E-state index in [0.717, 1.165) is 215 Å². The minimum absolute atomic E-state index is 0.0900. The monoisotopic (exact) mass is 1750 g/mol. The van der Waals surface area contributed by atoms with Crippen molar-refractivity contribution in [2.24, 2.45) is 11.8 Å². The Balaban J connectivity index is 0.000000109. The molecule has 4 atom stereocenters. The lowest BCUT2D eigenvalue weighted by atomic mass is 9.92. The zero-order valence-corrected chi connectivity index (χ0v) is 75.1. The van der Waals surface area contributed by atoms with Crippen LogP contribution in [0.25, 0.3) is 90.2 Å². The number of piperidine rings is 2. The van der Waals surface area contributed by atoms with Gasteiger partial charge in [-0.15, -0.1) is 0 Å². The molecule has 23 heterocycles. The minimum Gasteiger partial charge on any atom is -0.479 e. The molecule has 130 heavy (non-hydrogen) atoms. The second-order valence-electron chi connectivity index (χ2n) is 35.4. The third-order valence-corrected chi connectivity index (χ3v) is 27.0. The summed E-state index contributed by atoms with van der Waals surface area (Å²) in [5.74, 6) is 1.80. The number of β-amino-alcohol motifs (C(OH)–C–C–N with tert-alkyl or cyclic N) is 1. The van der Waals surface area contributed by atoms with E-state index in [4.69, 9.17) is 24.4 Å². The highest BCUT2D eigenvalue weighted by molar-refractivity contribution is 5.72. The first-order valence-electron chi connectivity index (χ1n) is 45.3. The Morgan fingerprint density at radius 1 is 0.392 bits per heavy atom. The van der Waals surface area contributed by atoms with Crippen LogP contribution in [-0.4, -0.2) is 277 Å². The van der Waals surface area contributed by atoms with Crippen molar-refractivity contribution in [2.45, 2.75) is 106 Å². The van der Waals surface area contributed by atoms with E-state index >= 15 is 0 Å². The highest BCUT2D eigenvalue weighted by Crippen LogP contribution is 2.37. The lowest BCUT2D eigenvalue weighted by Gasteiger charge is -2.43. The summed E-state index contributed by atoms with van der Waals surface area (Å²) in [4.78, 5) is 108. The van der Waals surface area contributed by atoms with E-state index in [-0.39, 0.29) is 28.8 Å². The second kappa shape index (κ2) is 35.3. The Morgan fingerprint density at radius 2 is 0.769 bits per heavy atom. The Kier molecular flexibility index (Phi) is 23.0. The molecule has 0 radical (unpaired) electrons. The Labute approximate surface area is 748 Å².